The number of nitrogen functional groups attached to an aromatic ring is 1. The Bertz CT molecular complexity index is 1740. The van der Waals surface area contributed by atoms with E-state index in [9.17, 15) is 20.1 Å². The number of fused-ring (bicyclic) bond motifs is 1. The molecular formula is C28H22N6O5S. The van der Waals surface area contributed by atoms with E-state index >= 15 is 0 Å². The van der Waals surface area contributed by atoms with E-state index in [0.717, 1.165) is 27.6 Å². The molecule has 2 aromatic carbocycles. The minimum absolute atomic E-state index is 0.0233. The van der Waals surface area contributed by atoms with E-state index in [1.54, 1.807) is 30.5 Å². The molecule has 3 N–H and O–H groups in total. The van der Waals surface area contributed by atoms with Crippen LogP contribution < -0.4 is 24.8 Å². The number of carbonyl (C=O) groups is 2. The maximum Gasteiger partial charge on any atom is 0.247 e. The van der Waals surface area contributed by atoms with Crippen LogP contribution in [0.15, 0.2) is 47.6 Å². The predicted octanol–water partition coefficient (Wildman–Crippen LogP) is 4.01. The summed E-state index contributed by atoms with van der Waals surface area (Å²) in [7, 11) is 4.35. The highest BCUT2D eigenvalue weighted by Crippen LogP contribution is 2.45. The van der Waals surface area contributed by atoms with Crippen molar-refractivity contribution in [2.45, 2.75) is 16.7 Å². The number of nitrogens with zero attached hydrogens (tertiary/aromatic N) is 4. The van der Waals surface area contributed by atoms with Gasteiger partial charge in [-0.2, -0.15) is 10.5 Å². The first-order chi connectivity index (χ1) is 19.3. The number of amides is 2. The van der Waals surface area contributed by atoms with E-state index in [2.05, 4.69) is 16.0 Å². The van der Waals surface area contributed by atoms with Gasteiger partial charge in [0.1, 0.15) is 28.5 Å². The third-order valence-corrected chi connectivity index (χ3v) is 7.70. The molecule has 12 heteroatoms. The maximum atomic E-state index is 13.4. The average Bonchev–Trinajstić information content (AvgIpc) is 3.54. The largest absolute Gasteiger partial charge is 0.493 e. The van der Waals surface area contributed by atoms with Crippen LogP contribution in [0.3, 0.4) is 0 Å². The van der Waals surface area contributed by atoms with Gasteiger partial charge in [0.05, 0.1) is 37.8 Å². The molecule has 0 saturated carbocycles. The molecule has 200 valence electrons. The lowest BCUT2D eigenvalue weighted by molar-refractivity contribution is -0.121. The van der Waals surface area contributed by atoms with Crippen LogP contribution in [0.4, 0.5) is 11.5 Å². The molecule has 3 heterocycles. The van der Waals surface area contributed by atoms with Crippen molar-refractivity contribution in [3.63, 3.8) is 0 Å². The van der Waals surface area contributed by atoms with Crippen LogP contribution in [0.25, 0.3) is 22.0 Å². The number of H-pyrrole nitrogens is 1. The van der Waals surface area contributed by atoms with Gasteiger partial charge in [-0.15, -0.1) is 0 Å². The highest BCUT2D eigenvalue weighted by Gasteiger charge is 2.41. The smallest absolute Gasteiger partial charge is 0.247 e. The molecule has 0 radical (unpaired) electrons. The number of aromatic amines is 1. The number of ether oxygens (including phenoxy) is 3. The number of imide groups is 1. The van der Waals surface area contributed by atoms with Crippen LogP contribution in [-0.2, 0) is 9.59 Å². The van der Waals surface area contributed by atoms with Crippen molar-refractivity contribution in [3.05, 3.63) is 53.7 Å². The van der Waals surface area contributed by atoms with Gasteiger partial charge in [0, 0.05) is 23.7 Å². The number of nitrogens with one attached hydrogen (secondary N) is 1. The molecule has 2 aromatic heterocycles. The molecule has 11 nitrogen and oxygen atoms in total. The Morgan fingerprint density at radius 3 is 2.35 bits per heavy atom. The molecule has 2 amide bonds. The summed E-state index contributed by atoms with van der Waals surface area (Å²) in [6.07, 6.45) is 1.68. The fourth-order valence-electron chi connectivity index (χ4n) is 4.67. The lowest BCUT2D eigenvalue weighted by Crippen LogP contribution is -2.31. The number of nitriles is 2. The number of anilines is 2. The summed E-state index contributed by atoms with van der Waals surface area (Å²) >= 11 is 0.958. The van der Waals surface area contributed by atoms with Crippen molar-refractivity contribution in [2.24, 2.45) is 0 Å². The van der Waals surface area contributed by atoms with Gasteiger partial charge in [-0.3, -0.25) is 9.59 Å². The molecule has 1 saturated heterocycles. The van der Waals surface area contributed by atoms with Crippen molar-refractivity contribution >= 4 is 46.0 Å². The maximum absolute atomic E-state index is 13.4. The van der Waals surface area contributed by atoms with Crippen molar-refractivity contribution in [1.82, 2.24) is 9.97 Å². The van der Waals surface area contributed by atoms with Crippen molar-refractivity contribution in [2.75, 3.05) is 32.0 Å². The number of benzene rings is 2. The van der Waals surface area contributed by atoms with E-state index in [-0.39, 0.29) is 39.9 Å². The minimum Gasteiger partial charge on any atom is -0.493 e. The number of rotatable bonds is 7. The van der Waals surface area contributed by atoms with Crippen LogP contribution in [0.1, 0.15) is 17.5 Å². The summed E-state index contributed by atoms with van der Waals surface area (Å²) in [5, 5.41) is 20.4. The molecule has 0 bridgehead atoms. The second kappa shape index (κ2) is 10.5. The third-order valence-electron chi connectivity index (χ3n) is 6.52. The molecule has 1 unspecified atom stereocenters. The number of thioether (sulfide) groups is 1. The zero-order chi connectivity index (χ0) is 28.6. The topological polar surface area (TPSA) is 167 Å². The Kier molecular flexibility index (Phi) is 6.94. The van der Waals surface area contributed by atoms with Gasteiger partial charge in [-0.25, -0.2) is 9.88 Å². The number of hydrogen-bond acceptors (Lipinski definition) is 10. The van der Waals surface area contributed by atoms with Crippen LogP contribution in [0, 0.1) is 22.7 Å². The Hall–Kier alpha value is -5.20. The monoisotopic (exact) mass is 554 g/mol. The Balaban J connectivity index is 1.58. The summed E-state index contributed by atoms with van der Waals surface area (Å²) in [5.41, 5.74) is 8.01. The average molecular weight is 555 g/mol. The highest BCUT2D eigenvalue weighted by molar-refractivity contribution is 8.00. The van der Waals surface area contributed by atoms with Gasteiger partial charge in [0.25, 0.3) is 0 Å². The molecule has 0 aliphatic carbocycles. The van der Waals surface area contributed by atoms with E-state index in [1.807, 2.05) is 18.2 Å². The molecule has 5 rings (SSSR count). The predicted molar refractivity (Wildman–Crippen MR) is 148 cm³/mol. The van der Waals surface area contributed by atoms with Gasteiger partial charge in [-0.1, -0.05) is 17.8 Å². The minimum atomic E-state index is -0.855. The van der Waals surface area contributed by atoms with E-state index < -0.39 is 11.2 Å². The van der Waals surface area contributed by atoms with Crippen LogP contribution >= 0.6 is 11.8 Å². The summed E-state index contributed by atoms with van der Waals surface area (Å²) in [5.74, 6) is -0.00294. The Morgan fingerprint density at radius 2 is 1.73 bits per heavy atom. The lowest BCUT2D eigenvalue weighted by atomic mass is 9.96. The molecule has 1 atom stereocenters. The molecule has 1 aliphatic rings. The van der Waals surface area contributed by atoms with E-state index in [0.29, 0.717) is 28.5 Å². The lowest BCUT2D eigenvalue weighted by Gasteiger charge is -2.18. The normalized spacial score (nSPS) is 14.7. The van der Waals surface area contributed by atoms with Gasteiger partial charge >= 0.3 is 0 Å². The Labute approximate surface area is 233 Å². The van der Waals surface area contributed by atoms with E-state index in [4.69, 9.17) is 19.9 Å². The molecule has 1 fully saturated rings. The van der Waals surface area contributed by atoms with Crippen molar-refractivity contribution in [3.8, 4) is 40.5 Å². The van der Waals surface area contributed by atoms with Crippen LogP contribution in [-0.4, -0.2) is 48.4 Å². The van der Waals surface area contributed by atoms with Crippen LogP contribution in [0.2, 0.25) is 0 Å². The van der Waals surface area contributed by atoms with Crippen molar-refractivity contribution in [1.29, 1.82) is 10.5 Å². The molecule has 0 spiro atoms. The van der Waals surface area contributed by atoms with Gasteiger partial charge in [-0.05, 0) is 41.3 Å². The highest BCUT2D eigenvalue weighted by atomic mass is 32.2. The first-order valence-corrected chi connectivity index (χ1v) is 12.8. The van der Waals surface area contributed by atoms with Gasteiger partial charge in [0.15, 0.2) is 11.5 Å². The standard InChI is InChI=1S/C28H22N6O5S/c1-37-20-8-15(9-21(38-2)25(20)39-3)24-17(12-29)26(31)33-27(18(24)13-30)40-22-11-23(35)34(28(22)36)16-5-4-14-6-7-32-19(14)10-16/h4-10,22,32H,11H2,1-3H3,(H2,31,33). The second-order valence-corrected chi connectivity index (χ2v) is 9.88. The number of carbonyl (C=O) groups excluding carboxylic acids is 2. The summed E-state index contributed by atoms with van der Waals surface area (Å²) in [6.45, 7) is 0. The molecular weight excluding hydrogens is 532 g/mol. The second-order valence-electron chi connectivity index (χ2n) is 8.69. The number of nitrogens with two attached hydrogens (primary N) is 1. The summed E-state index contributed by atoms with van der Waals surface area (Å²) < 4.78 is 16.3. The third kappa shape index (κ3) is 4.30. The first kappa shape index (κ1) is 26.4. The van der Waals surface area contributed by atoms with Crippen LogP contribution in [0.5, 0.6) is 17.2 Å². The summed E-state index contributed by atoms with van der Waals surface area (Å²) in [4.78, 5) is 34.9. The van der Waals surface area contributed by atoms with Gasteiger partial charge in [0.2, 0.25) is 17.6 Å². The molecule has 40 heavy (non-hydrogen) atoms. The molecule has 1 aliphatic heterocycles. The zero-order valence-corrected chi connectivity index (χ0v) is 22.5. The van der Waals surface area contributed by atoms with Crippen molar-refractivity contribution < 1.29 is 23.8 Å². The first-order valence-electron chi connectivity index (χ1n) is 11.9. The zero-order valence-electron chi connectivity index (χ0n) is 21.6. The fourth-order valence-corrected chi connectivity index (χ4v) is 5.79. The van der Waals surface area contributed by atoms with E-state index in [1.165, 1.54) is 21.3 Å². The Morgan fingerprint density at radius 1 is 1.02 bits per heavy atom. The summed E-state index contributed by atoms with van der Waals surface area (Å²) in [6, 6.07) is 14.5. The SMILES string of the molecule is COc1cc(-c2c(C#N)c(N)nc(SC3CC(=O)N(c4ccc5cc[nH]c5c4)C3=O)c2C#N)cc(OC)c1OC. The number of methoxy groups -OCH3 is 3. The quantitative estimate of drug-likeness (QED) is 0.319. The molecule has 4 aromatic rings. The van der Waals surface area contributed by atoms with Gasteiger partial charge < -0.3 is 24.9 Å². The number of aromatic nitrogens is 2. The number of pyridine rings is 1. The fraction of sp³-hybridized carbons (Fsp3) is 0.179. The number of hydrogen-bond donors (Lipinski definition) is 2.